The highest BCUT2D eigenvalue weighted by Gasteiger charge is 2.11. The molecule has 0 aliphatic carbocycles. The van der Waals surface area contributed by atoms with Gasteiger partial charge in [-0.05, 0) is 34.1 Å². The summed E-state index contributed by atoms with van der Waals surface area (Å²) >= 11 is 8.69. The Bertz CT molecular complexity index is 591. The molecule has 0 aliphatic heterocycles. The Morgan fingerprint density at radius 3 is 2.72 bits per heavy atom. The van der Waals surface area contributed by atoms with E-state index < -0.39 is 11.7 Å². The highest BCUT2D eigenvalue weighted by atomic mass is 79.9. The molecule has 0 radical (unpaired) electrons. The molecule has 1 heterocycles. The summed E-state index contributed by atoms with van der Waals surface area (Å²) < 4.78 is 13.2. The van der Waals surface area contributed by atoms with E-state index in [0.717, 1.165) is 0 Å². The molecule has 0 atom stereocenters. The van der Waals surface area contributed by atoms with Crippen molar-refractivity contribution >= 4 is 39.3 Å². The van der Waals surface area contributed by atoms with Crippen LogP contribution in [0.15, 0.2) is 35.1 Å². The van der Waals surface area contributed by atoms with Crippen LogP contribution in [0, 0.1) is 5.82 Å². The van der Waals surface area contributed by atoms with Crippen molar-refractivity contribution in [3.05, 3.63) is 51.6 Å². The van der Waals surface area contributed by atoms with Gasteiger partial charge >= 0.3 is 0 Å². The fraction of sp³-hybridized carbons (Fsp3) is 0. The number of hydrogen-bond donors (Lipinski definition) is 1. The third kappa shape index (κ3) is 3.02. The number of aromatic nitrogens is 2. The van der Waals surface area contributed by atoms with Gasteiger partial charge in [-0.3, -0.25) is 4.79 Å². The summed E-state index contributed by atoms with van der Waals surface area (Å²) in [5.74, 6) is -0.580. The van der Waals surface area contributed by atoms with Gasteiger partial charge in [-0.1, -0.05) is 11.6 Å². The van der Waals surface area contributed by atoms with Crippen molar-refractivity contribution in [2.24, 2.45) is 0 Å². The largest absolute Gasteiger partial charge is 0.305 e. The van der Waals surface area contributed by atoms with Crippen LogP contribution in [-0.4, -0.2) is 15.9 Å². The molecular weight excluding hydrogens is 324 g/mol. The van der Waals surface area contributed by atoms with E-state index >= 15 is 0 Å². The Kier molecular flexibility index (Phi) is 3.88. The molecule has 0 fully saturated rings. The van der Waals surface area contributed by atoms with Crippen LogP contribution in [-0.2, 0) is 0 Å². The van der Waals surface area contributed by atoms with E-state index in [1.165, 1.54) is 30.6 Å². The average Bonchev–Trinajstić information content (AvgIpc) is 2.32. The first kappa shape index (κ1) is 12.9. The Hall–Kier alpha value is -1.53. The maximum Gasteiger partial charge on any atom is 0.258 e. The zero-order valence-corrected chi connectivity index (χ0v) is 11.2. The van der Waals surface area contributed by atoms with E-state index in [1.807, 2.05) is 0 Å². The molecule has 0 saturated heterocycles. The van der Waals surface area contributed by atoms with Crippen LogP contribution in [0.25, 0.3) is 0 Å². The Morgan fingerprint density at radius 2 is 2.11 bits per heavy atom. The van der Waals surface area contributed by atoms with E-state index in [0.29, 0.717) is 10.0 Å². The number of benzene rings is 1. The van der Waals surface area contributed by atoms with Gasteiger partial charge in [0, 0.05) is 4.47 Å². The number of carbonyl (C=O) groups is 1. The number of hydrogen-bond acceptors (Lipinski definition) is 3. The predicted molar refractivity (Wildman–Crippen MR) is 69.1 cm³/mol. The number of halogens is 3. The molecule has 2 aromatic rings. The van der Waals surface area contributed by atoms with Crippen LogP contribution in [0.5, 0.6) is 0 Å². The van der Waals surface area contributed by atoms with Crippen LogP contribution in [0.4, 0.5) is 10.2 Å². The van der Waals surface area contributed by atoms with E-state index in [2.05, 4.69) is 31.2 Å². The highest BCUT2D eigenvalue weighted by molar-refractivity contribution is 9.10. The van der Waals surface area contributed by atoms with Gasteiger partial charge in [-0.2, -0.15) is 0 Å². The summed E-state index contributed by atoms with van der Waals surface area (Å²) in [7, 11) is 0. The van der Waals surface area contributed by atoms with E-state index in [1.54, 1.807) is 0 Å². The molecule has 1 aromatic heterocycles. The van der Waals surface area contributed by atoms with Crippen LogP contribution < -0.4 is 5.32 Å². The Morgan fingerprint density at radius 1 is 1.33 bits per heavy atom. The van der Waals surface area contributed by atoms with Crippen LogP contribution in [0.3, 0.4) is 0 Å². The lowest BCUT2D eigenvalue weighted by Crippen LogP contribution is -2.13. The summed E-state index contributed by atoms with van der Waals surface area (Å²) in [6.45, 7) is 0. The maximum absolute atomic E-state index is 12.9. The first-order chi connectivity index (χ1) is 8.56. The van der Waals surface area contributed by atoms with Gasteiger partial charge in [0.15, 0.2) is 5.82 Å². The van der Waals surface area contributed by atoms with Gasteiger partial charge in [0.1, 0.15) is 11.0 Å². The number of anilines is 1. The third-order valence-corrected chi connectivity index (χ3v) is 2.89. The third-order valence-electron chi connectivity index (χ3n) is 2.04. The zero-order valence-electron chi connectivity index (χ0n) is 8.82. The normalized spacial score (nSPS) is 10.2. The number of carbonyl (C=O) groups excluding carboxylic acids is 1. The molecule has 4 nitrogen and oxygen atoms in total. The van der Waals surface area contributed by atoms with Gasteiger partial charge in [-0.15, -0.1) is 0 Å². The second-order valence-corrected chi connectivity index (χ2v) is 4.54. The van der Waals surface area contributed by atoms with Crippen molar-refractivity contribution in [3.63, 3.8) is 0 Å². The average molecular weight is 331 g/mol. The molecule has 1 aromatic carbocycles. The fourth-order valence-corrected chi connectivity index (χ4v) is 1.86. The minimum Gasteiger partial charge on any atom is -0.305 e. The molecule has 1 amide bonds. The Balaban J connectivity index is 2.19. The molecule has 0 unspecified atom stereocenters. The van der Waals surface area contributed by atoms with E-state index in [9.17, 15) is 9.18 Å². The fourth-order valence-electron chi connectivity index (χ4n) is 1.23. The smallest absolute Gasteiger partial charge is 0.258 e. The molecule has 1 N–H and O–H groups in total. The predicted octanol–water partition coefficient (Wildman–Crippen LogP) is 3.28. The number of nitrogens with one attached hydrogen (secondary N) is 1. The first-order valence-electron chi connectivity index (χ1n) is 4.80. The topological polar surface area (TPSA) is 54.9 Å². The van der Waals surface area contributed by atoms with Crippen molar-refractivity contribution in [2.75, 3.05) is 5.32 Å². The molecule has 92 valence electrons. The molecule has 7 heteroatoms. The lowest BCUT2D eigenvalue weighted by atomic mass is 10.2. The number of nitrogens with zero attached hydrogens (tertiary/aromatic N) is 2. The zero-order chi connectivity index (χ0) is 13.1. The Labute approximate surface area is 115 Å². The van der Waals surface area contributed by atoms with Crippen molar-refractivity contribution in [1.82, 2.24) is 9.97 Å². The first-order valence-corrected chi connectivity index (χ1v) is 5.97. The summed E-state index contributed by atoms with van der Waals surface area (Å²) in [5, 5.41) is 2.75. The highest BCUT2D eigenvalue weighted by Crippen LogP contribution is 2.19. The van der Waals surface area contributed by atoms with Crippen LogP contribution in [0.2, 0.25) is 5.15 Å². The minimum atomic E-state index is -0.426. The maximum atomic E-state index is 12.9. The van der Waals surface area contributed by atoms with Crippen molar-refractivity contribution < 1.29 is 9.18 Å². The molecule has 0 bridgehead atoms. The van der Waals surface area contributed by atoms with Gasteiger partial charge in [0.2, 0.25) is 0 Å². The van der Waals surface area contributed by atoms with Gasteiger partial charge < -0.3 is 5.32 Å². The quantitative estimate of drug-likeness (QED) is 0.919. The monoisotopic (exact) mass is 329 g/mol. The van der Waals surface area contributed by atoms with Crippen LogP contribution in [0.1, 0.15) is 10.4 Å². The SMILES string of the molecule is O=C(Nc1cnc(Cl)cn1)c1ccc(F)cc1Br. The summed E-state index contributed by atoms with van der Waals surface area (Å²) in [4.78, 5) is 19.5. The second-order valence-electron chi connectivity index (χ2n) is 3.30. The lowest BCUT2D eigenvalue weighted by Gasteiger charge is -2.05. The molecule has 0 spiro atoms. The van der Waals surface area contributed by atoms with Gasteiger partial charge in [0.05, 0.1) is 18.0 Å². The summed E-state index contributed by atoms with van der Waals surface area (Å²) in [6, 6.07) is 3.79. The van der Waals surface area contributed by atoms with Gasteiger partial charge in [0.25, 0.3) is 5.91 Å². The van der Waals surface area contributed by atoms with Gasteiger partial charge in [-0.25, -0.2) is 14.4 Å². The van der Waals surface area contributed by atoms with Crippen molar-refractivity contribution in [3.8, 4) is 0 Å². The standard InChI is InChI=1S/C11H6BrClFN3O/c12-8-3-6(14)1-2-7(8)11(18)17-10-5-15-9(13)4-16-10/h1-5H,(H,16,17,18). The molecule has 0 saturated carbocycles. The number of amides is 1. The second kappa shape index (κ2) is 5.41. The number of rotatable bonds is 2. The van der Waals surface area contributed by atoms with E-state index in [-0.39, 0.29) is 11.0 Å². The summed E-state index contributed by atoms with van der Waals surface area (Å²) in [5.41, 5.74) is 0.299. The van der Waals surface area contributed by atoms with Crippen molar-refractivity contribution in [1.29, 1.82) is 0 Å². The van der Waals surface area contributed by atoms with Crippen molar-refractivity contribution in [2.45, 2.75) is 0 Å². The van der Waals surface area contributed by atoms with E-state index in [4.69, 9.17) is 11.6 Å². The molecular formula is C11H6BrClFN3O. The molecule has 2 rings (SSSR count). The molecule has 0 aliphatic rings. The van der Waals surface area contributed by atoms with Crippen LogP contribution >= 0.6 is 27.5 Å². The minimum absolute atomic E-state index is 0.232. The molecule has 18 heavy (non-hydrogen) atoms. The lowest BCUT2D eigenvalue weighted by molar-refractivity contribution is 0.102. The summed E-state index contributed by atoms with van der Waals surface area (Å²) in [6.07, 6.45) is 2.65.